The molecular weight excluding hydrogens is 372 g/mol. The highest BCUT2D eigenvalue weighted by Gasteiger charge is 2.28. The smallest absolute Gasteiger partial charge is 0.163 e. The van der Waals surface area contributed by atoms with Gasteiger partial charge in [-0.2, -0.15) is 0 Å². The van der Waals surface area contributed by atoms with Gasteiger partial charge in [0.15, 0.2) is 11.6 Å². The predicted molar refractivity (Wildman–Crippen MR) is 111 cm³/mol. The molecule has 0 saturated carbocycles. The molecule has 0 amide bonds. The number of rotatable bonds is 5. The van der Waals surface area contributed by atoms with Crippen LogP contribution in [0.1, 0.15) is 18.4 Å². The second-order valence-corrected chi connectivity index (χ2v) is 7.97. The first kappa shape index (κ1) is 20.1. The van der Waals surface area contributed by atoms with Crippen LogP contribution < -0.4 is 9.64 Å². The third-order valence-electron chi connectivity index (χ3n) is 6.17. The van der Waals surface area contributed by atoms with Crippen LogP contribution in [0.5, 0.6) is 5.75 Å². The van der Waals surface area contributed by atoms with E-state index in [1.54, 1.807) is 19.2 Å². The zero-order valence-corrected chi connectivity index (χ0v) is 17.0. The number of nitrogens with zero attached hydrogens (tertiary/aromatic N) is 3. The van der Waals surface area contributed by atoms with E-state index in [1.165, 1.54) is 18.2 Å². The number of piperidine rings is 1. The number of benzene rings is 2. The van der Waals surface area contributed by atoms with Gasteiger partial charge >= 0.3 is 0 Å². The minimum Gasteiger partial charge on any atom is -0.497 e. The summed E-state index contributed by atoms with van der Waals surface area (Å²) in [5, 5.41) is 0. The van der Waals surface area contributed by atoms with E-state index >= 15 is 0 Å². The maximum absolute atomic E-state index is 14.0. The van der Waals surface area contributed by atoms with E-state index in [9.17, 15) is 8.78 Å². The maximum atomic E-state index is 14.0. The summed E-state index contributed by atoms with van der Waals surface area (Å²) in [6.45, 7) is 6.39. The number of ether oxygens (including phenoxy) is 1. The van der Waals surface area contributed by atoms with E-state index in [0.717, 1.165) is 51.4 Å². The van der Waals surface area contributed by atoms with Gasteiger partial charge in [0.25, 0.3) is 0 Å². The summed E-state index contributed by atoms with van der Waals surface area (Å²) >= 11 is 0. The molecule has 1 unspecified atom stereocenters. The lowest BCUT2D eigenvalue weighted by Crippen LogP contribution is -2.55. The summed E-state index contributed by atoms with van der Waals surface area (Å²) in [6, 6.07) is 13.2. The second-order valence-electron chi connectivity index (χ2n) is 7.97. The van der Waals surface area contributed by atoms with Crippen LogP contribution >= 0.6 is 0 Å². The predicted octanol–water partition coefficient (Wildman–Crippen LogP) is 3.76. The van der Waals surface area contributed by atoms with Crippen LogP contribution in [-0.4, -0.2) is 62.2 Å². The Bertz CT molecular complexity index is 806. The van der Waals surface area contributed by atoms with Crippen LogP contribution in [0.3, 0.4) is 0 Å². The number of hydrogen-bond donors (Lipinski definition) is 0. The molecule has 6 heteroatoms. The monoisotopic (exact) mass is 401 g/mol. The summed E-state index contributed by atoms with van der Waals surface area (Å²) in [5.41, 5.74) is 1.69. The van der Waals surface area contributed by atoms with Crippen LogP contribution in [0, 0.1) is 11.6 Å². The molecule has 29 heavy (non-hydrogen) atoms. The summed E-state index contributed by atoms with van der Waals surface area (Å²) in [4.78, 5) is 7.24. The van der Waals surface area contributed by atoms with Crippen LogP contribution in [0.25, 0.3) is 0 Å². The average molecular weight is 402 g/mol. The first-order valence-electron chi connectivity index (χ1n) is 10.4. The van der Waals surface area contributed by atoms with Crippen LogP contribution in [0.15, 0.2) is 42.5 Å². The van der Waals surface area contributed by atoms with Crippen LogP contribution in [0.2, 0.25) is 0 Å². The molecule has 0 aromatic heterocycles. The SMILES string of the molecule is COc1ccc(N2CCN(C3CCCN(Cc4cccc(F)c4F)C3)CC2)cc1. The molecule has 156 valence electrons. The topological polar surface area (TPSA) is 19.0 Å². The quantitative estimate of drug-likeness (QED) is 0.759. The van der Waals surface area contributed by atoms with Crippen molar-refractivity contribution in [3.05, 3.63) is 59.7 Å². The molecule has 2 fully saturated rings. The van der Waals surface area contributed by atoms with E-state index in [0.29, 0.717) is 18.2 Å². The van der Waals surface area contributed by atoms with E-state index in [4.69, 9.17) is 4.74 Å². The molecule has 2 aliphatic heterocycles. The van der Waals surface area contributed by atoms with Crippen molar-refractivity contribution in [3.63, 3.8) is 0 Å². The standard InChI is InChI=1S/C23H29F2N3O/c1-29-21-9-7-19(8-10-21)27-12-14-28(15-13-27)20-5-3-11-26(17-20)16-18-4-2-6-22(24)23(18)25/h2,4,6-10,20H,3,5,11-17H2,1H3. The number of piperazine rings is 1. The largest absolute Gasteiger partial charge is 0.497 e. The molecule has 0 radical (unpaired) electrons. The van der Waals surface area contributed by atoms with Gasteiger partial charge in [-0.25, -0.2) is 8.78 Å². The number of anilines is 1. The molecule has 2 aromatic rings. The highest BCUT2D eigenvalue weighted by atomic mass is 19.2. The van der Waals surface area contributed by atoms with Crippen molar-refractivity contribution in [1.82, 2.24) is 9.80 Å². The van der Waals surface area contributed by atoms with Gasteiger partial charge in [0.1, 0.15) is 5.75 Å². The normalized spacial score (nSPS) is 21.3. The molecule has 2 aromatic carbocycles. The zero-order valence-electron chi connectivity index (χ0n) is 17.0. The van der Waals surface area contributed by atoms with E-state index in [-0.39, 0.29) is 0 Å². The van der Waals surface area contributed by atoms with Gasteiger partial charge in [0.2, 0.25) is 0 Å². The third-order valence-corrected chi connectivity index (χ3v) is 6.17. The van der Waals surface area contributed by atoms with Gasteiger partial charge in [-0.3, -0.25) is 9.80 Å². The molecule has 0 bridgehead atoms. The summed E-state index contributed by atoms with van der Waals surface area (Å²) in [6.07, 6.45) is 2.27. The average Bonchev–Trinajstić information content (AvgIpc) is 2.77. The number of halogens is 2. The number of likely N-dealkylation sites (tertiary alicyclic amines) is 1. The van der Waals surface area contributed by atoms with E-state index < -0.39 is 11.6 Å². The molecule has 0 spiro atoms. The Labute approximate surface area is 171 Å². The van der Waals surface area contributed by atoms with Gasteiger partial charge in [-0.1, -0.05) is 12.1 Å². The van der Waals surface area contributed by atoms with Crippen molar-refractivity contribution < 1.29 is 13.5 Å². The van der Waals surface area contributed by atoms with Crippen molar-refractivity contribution in [3.8, 4) is 5.75 Å². The van der Waals surface area contributed by atoms with Crippen molar-refractivity contribution in [2.24, 2.45) is 0 Å². The highest BCUT2D eigenvalue weighted by molar-refractivity contribution is 5.49. The van der Waals surface area contributed by atoms with Crippen LogP contribution in [-0.2, 0) is 6.54 Å². The highest BCUT2D eigenvalue weighted by Crippen LogP contribution is 2.24. The van der Waals surface area contributed by atoms with Gasteiger partial charge in [-0.15, -0.1) is 0 Å². The van der Waals surface area contributed by atoms with Crippen molar-refractivity contribution in [2.75, 3.05) is 51.3 Å². The van der Waals surface area contributed by atoms with Gasteiger partial charge in [0, 0.05) is 56.6 Å². The lowest BCUT2D eigenvalue weighted by Gasteiger charge is -2.44. The first-order valence-corrected chi connectivity index (χ1v) is 10.4. The Morgan fingerprint density at radius 3 is 2.45 bits per heavy atom. The molecule has 4 nitrogen and oxygen atoms in total. The summed E-state index contributed by atoms with van der Waals surface area (Å²) in [7, 11) is 1.68. The van der Waals surface area contributed by atoms with Crippen molar-refractivity contribution in [2.45, 2.75) is 25.4 Å². The maximum Gasteiger partial charge on any atom is 0.163 e. The summed E-state index contributed by atoms with van der Waals surface area (Å²) < 4.78 is 32.8. The Morgan fingerprint density at radius 2 is 1.72 bits per heavy atom. The van der Waals surface area contributed by atoms with Crippen LogP contribution in [0.4, 0.5) is 14.5 Å². The minimum absolute atomic E-state index is 0.454. The van der Waals surface area contributed by atoms with Gasteiger partial charge in [0.05, 0.1) is 7.11 Å². The van der Waals surface area contributed by atoms with Crippen molar-refractivity contribution in [1.29, 1.82) is 0 Å². The molecule has 0 N–H and O–H groups in total. The number of hydrogen-bond acceptors (Lipinski definition) is 4. The second kappa shape index (κ2) is 9.09. The first-order chi connectivity index (χ1) is 14.1. The van der Waals surface area contributed by atoms with Gasteiger partial charge in [-0.05, 0) is 49.7 Å². The zero-order chi connectivity index (χ0) is 20.2. The van der Waals surface area contributed by atoms with E-state index in [2.05, 4.69) is 26.8 Å². The Kier molecular flexibility index (Phi) is 6.31. The Morgan fingerprint density at radius 1 is 0.966 bits per heavy atom. The molecular formula is C23H29F2N3O. The fourth-order valence-corrected chi connectivity index (χ4v) is 4.52. The van der Waals surface area contributed by atoms with Crippen molar-refractivity contribution >= 4 is 5.69 Å². The fourth-order valence-electron chi connectivity index (χ4n) is 4.52. The molecule has 4 rings (SSSR count). The molecule has 2 aliphatic rings. The lowest BCUT2D eigenvalue weighted by atomic mass is 10.0. The molecule has 2 heterocycles. The Balaban J connectivity index is 1.32. The van der Waals surface area contributed by atoms with E-state index in [1.807, 2.05) is 12.1 Å². The molecule has 1 atom stereocenters. The fraction of sp³-hybridized carbons (Fsp3) is 0.478. The van der Waals surface area contributed by atoms with Gasteiger partial charge < -0.3 is 9.64 Å². The third kappa shape index (κ3) is 4.70. The lowest BCUT2D eigenvalue weighted by molar-refractivity contribution is 0.0880. The molecule has 2 saturated heterocycles. The number of methoxy groups -OCH3 is 1. The Hall–Kier alpha value is -2.18. The summed E-state index contributed by atoms with van der Waals surface area (Å²) in [5.74, 6) is -0.585. The minimum atomic E-state index is -0.759. The molecule has 0 aliphatic carbocycles.